The number of nitrogens with one attached hydrogen (secondary N) is 1. The lowest BCUT2D eigenvalue weighted by Gasteiger charge is -2.26. The highest BCUT2D eigenvalue weighted by Crippen LogP contribution is 2.36. The predicted molar refractivity (Wildman–Crippen MR) is 122 cm³/mol. The average Bonchev–Trinajstić information content (AvgIpc) is 3.19. The molecule has 1 N–H and O–H groups in total. The van der Waals surface area contributed by atoms with Crippen molar-refractivity contribution in [3.05, 3.63) is 48.4 Å². The standard InChI is InChI=1S/C24H26N4O4/c1-16-11-17-12-18(3-4-20(17)27-16)32-24-19-13-22(29-2)23(14-21(19)25-15-26-24)31-10-7-28-5-8-30-9-6-28/h3-4,11-15,27H,5-10H2,1-2H3. The molecule has 5 rings (SSSR count). The van der Waals surface area contributed by atoms with E-state index in [2.05, 4.69) is 25.9 Å². The summed E-state index contributed by atoms with van der Waals surface area (Å²) >= 11 is 0. The number of aromatic amines is 1. The third kappa shape index (κ3) is 4.32. The second-order valence-corrected chi connectivity index (χ2v) is 7.80. The van der Waals surface area contributed by atoms with E-state index in [0.717, 1.165) is 60.3 Å². The first-order valence-corrected chi connectivity index (χ1v) is 10.7. The van der Waals surface area contributed by atoms with Gasteiger partial charge in [-0.1, -0.05) is 0 Å². The molecule has 3 heterocycles. The zero-order valence-corrected chi connectivity index (χ0v) is 18.3. The highest BCUT2D eigenvalue weighted by Gasteiger charge is 2.15. The van der Waals surface area contributed by atoms with E-state index in [0.29, 0.717) is 29.7 Å². The van der Waals surface area contributed by atoms with Crippen LogP contribution in [0.2, 0.25) is 0 Å². The van der Waals surface area contributed by atoms with Gasteiger partial charge in [0.1, 0.15) is 18.7 Å². The van der Waals surface area contributed by atoms with Crippen LogP contribution in [0.3, 0.4) is 0 Å². The maximum Gasteiger partial charge on any atom is 0.230 e. The summed E-state index contributed by atoms with van der Waals surface area (Å²) in [5.41, 5.74) is 2.91. The molecular formula is C24H26N4O4. The fraction of sp³-hybridized carbons (Fsp3) is 0.333. The Morgan fingerprint density at radius 3 is 2.78 bits per heavy atom. The molecule has 0 bridgehead atoms. The number of H-pyrrole nitrogens is 1. The third-order valence-electron chi connectivity index (χ3n) is 5.59. The first-order valence-electron chi connectivity index (χ1n) is 10.7. The van der Waals surface area contributed by atoms with E-state index in [4.69, 9.17) is 18.9 Å². The number of aromatic nitrogens is 3. The number of benzene rings is 2. The molecule has 0 atom stereocenters. The lowest BCUT2D eigenvalue weighted by molar-refractivity contribution is 0.0321. The Balaban J connectivity index is 1.37. The average molecular weight is 434 g/mol. The van der Waals surface area contributed by atoms with Crippen molar-refractivity contribution in [1.82, 2.24) is 19.9 Å². The van der Waals surface area contributed by atoms with Gasteiger partial charge in [-0.15, -0.1) is 0 Å². The van der Waals surface area contributed by atoms with Crippen molar-refractivity contribution in [3.63, 3.8) is 0 Å². The number of morpholine rings is 1. The first kappa shape index (κ1) is 20.5. The lowest BCUT2D eigenvalue weighted by Crippen LogP contribution is -2.38. The van der Waals surface area contributed by atoms with Gasteiger partial charge in [0.25, 0.3) is 0 Å². The van der Waals surface area contributed by atoms with Gasteiger partial charge in [0.2, 0.25) is 5.88 Å². The zero-order chi connectivity index (χ0) is 21.9. The van der Waals surface area contributed by atoms with E-state index in [-0.39, 0.29) is 0 Å². The fourth-order valence-corrected chi connectivity index (χ4v) is 3.93. The Morgan fingerprint density at radius 1 is 1.06 bits per heavy atom. The number of hydrogen-bond acceptors (Lipinski definition) is 7. The molecule has 4 aromatic rings. The predicted octanol–water partition coefficient (Wildman–Crippen LogP) is 3.93. The van der Waals surface area contributed by atoms with Gasteiger partial charge in [-0.05, 0) is 37.3 Å². The largest absolute Gasteiger partial charge is 0.493 e. The molecule has 0 aliphatic carbocycles. The SMILES string of the molecule is COc1cc2c(Oc3ccc4[nH]c(C)cc4c3)ncnc2cc1OCCN1CCOCC1. The van der Waals surface area contributed by atoms with Gasteiger partial charge in [-0.3, -0.25) is 4.90 Å². The van der Waals surface area contributed by atoms with E-state index in [1.807, 2.05) is 37.3 Å². The Kier molecular flexibility index (Phi) is 5.79. The monoisotopic (exact) mass is 434 g/mol. The number of hydrogen-bond donors (Lipinski definition) is 1. The summed E-state index contributed by atoms with van der Waals surface area (Å²) in [6, 6.07) is 11.8. The number of rotatable bonds is 7. The Hall–Kier alpha value is -3.36. The van der Waals surface area contributed by atoms with Crippen molar-refractivity contribution in [2.45, 2.75) is 6.92 Å². The summed E-state index contributed by atoms with van der Waals surface area (Å²) in [6.45, 7) is 6.84. The Labute approximate surface area is 186 Å². The third-order valence-corrected chi connectivity index (χ3v) is 5.59. The minimum atomic E-state index is 0.472. The van der Waals surface area contributed by atoms with Gasteiger partial charge in [0.15, 0.2) is 11.5 Å². The second-order valence-electron chi connectivity index (χ2n) is 7.80. The van der Waals surface area contributed by atoms with Crippen molar-refractivity contribution in [2.75, 3.05) is 46.6 Å². The van der Waals surface area contributed by atoms with Gasteiger partial charge < -0.3 is 23.9 Å². The molecule has 166 valence electrons. The smallest absolute Gasteiger partial charge is 0.230 e. The molecular weight excluding hydrogens is 408 g/mol. The summed E-state index contributed by atoms with van der Waals surface area (Å²) in [5.74, 6) is 2.46. The number of nitrogens with zero attached hydrogens (tertiary/aromatic N) is 3. The molecule has 1 aliphatic rings. The molecule has 8 nitrogen and oxygen atoms in total. The summed E-state index contributed by atoms with van der Waals surface area (Å²) < 4.78 is 23.1. The molecule has 32 heavy (non-hydrogen) atoms. The molecule has 0 spiro atoms. The van der Waals surface area contributed by atoms with Crippen LogP contribution in [0.1, 0.15) is 5.69 Å². The van der Waals surface area contributed by atoms with Crippen LogP contribution in [-0.2, 0) is 4.74 Å². The molecule has 0 unspecified atom stereocenters. The molecule has 0 radical (unpaired) electrons. The van der Waals surface area contributed by atoms with Gasteiger partial charge in [-0.2, -0.15) is 0 Å². The van der Waals surface area contributed by atoms with Gasteiger partial charge >= 0.3 is 0 Å². The topological polar surface area (TPSA) is 81.7 Å². The van der Waals surface area contributed by atoms with E-state index in [1.165, 1.54) is 6.33 Å². The molecule has 8 heteroatoms. The molecule has 2 aromatic carbocycles. The highest BCUT2D eigenvalue weighted by atomic mass is 16.5. The fourth-order valence-electron chi connectivity index (χ4n) is 3.93. The quantitative estimate of drug-likeness (QED) is 0.472. The van der Waals surface area contributed by atoms with Crippen molar-refractivity contribution in [2.24, 2.45) is 0 Å². The highest BCUT2D eigenvalue weighted by molar-refractivity contribution is 5.87. The van der Waals surface area contributed by atoms with Crippen LogP contribution in [-0.4, -0.2) is 66.4 Å². The summed E-state index contributed by atoms with van der Waals surface area (Å²) in [4.78, 5) is 14.4. The summed E-state index contributed by atoms with van der Waals surface area (Å²) in [6.07, 6.45) is 1.50. The maximum atomic E-state index is 6.13. The van der Waals surface area contributed by atoms with Crippen LogP contribution in [0.15, 0.2) is 42.7 Å². The second kappa shape index (κ2) is 9.02. The molecule has 1 saturated heterocycles. The van der Waals surface area contributed by atoms with E-state index >= 15 is 0 Å². The van der Waals surface area contributed by atoms with Gasteiger partial charge in [-0.25, -0.2) is 9.97 Å². The lowest BCUT2D eigenvalue weighted by atomic mass is 10.2. The first-order chi connectivity index (χ1) is 15.7. The maximum absolute atomic E-state index is 6.13. The molecule has 1 fully saturated rings. The van der Waals surface area contributed by atoms with E-state index in [1.54, 1.807) is 7.11 Å². The van der Waals surface area contributed by atoms with Gasteiger partial charge in [0.05, 0.1) is 31.2 Å². The van der Waals surface area contributed by atoms with Gasteiger partial charge in [0, 0.05) is 42.3 Å². The number of aryl methyl sites for hydroxylation is 1. The number of fused-ring (bicyclic) bond motifs is 2. The van der Waals surface area contributed by atoms with Crippen molar-refractivity contribution < 1.29 is 18.9 Å². The molecule has 0 amide bonds. The van der Waals surface area contributed by atoms with Crippen molar-refractivity contribution in [1.29, 1.82) is 0 Å². The van der Waals surface area contributed by atoms with Crippen LogP contribution in [0.4, 0.5) is 0 Å². The number of methoxy groups -OCH3 is 1. The minimum Gasteiger partial charge on any atom is -0.493 e. The van der Waals surface area contributed by atoms with Crippen LogP contribution in [0, 0.1) is 6.92 Å². The van der Waals surface area contributed by atoms with E-state index in [9.17, 15) is 0 Å². The molecule has 2 aromatic heterocycles. The zero-order valence-electron chi connectivity index (χ0n) is 18.3. The molecule has 1 aliphatic heterocycles. The van der Waals surface area contributed by atoms with Crippen molar-refractivity contribution in [3.8, 4) is 23.1 Å². The van der Waals surface area contributed by atoms with Crippen molar-refractivity contribution >= 4 is 21.8 Å². The Bertz CT molecular complexity index is 1230. The minimum absolute atomic E-state index is 0.472. The van der Waals surface area contributed by atoms with E-state index < -0.39 is 0 Å². The molecule has 0 saturated carbocycles. The Morgan fingerprint density at radius 2 is 1.94 bits per heavy atom. The van der Waals surface area contributed by atoms with Crippen LogP contribution < -0.4 is 14.2 Å². The number of ether oxygens (including phenoxy) is 4. The van der Waals surface area contributed by atoms with Crippen LogP contribution in [0.5, 0.6) is 23.1 Å². The van der Waals surface area contributed by atoms with Crippen LogP contribution >= 0.6 is 0 Å². The van der Waals surface area contributed by atoms with Crippen LogP contribution in [0.25, 0.3) is 21.8 Å². The summed E-state index contributed by atoms with van der Waals surface area (Å²) in [7, 11) is 1.63. The normalized spacial score (nSPS) is 14.7. The summed E-state index contributed by atoms with van der Waals surface area (Å²) in [5, 5.41) is 1.85.